The average Bonchev–Trinajstić information content (AvgIpc) is 3.40. The molecule has 5 aromatic rings. The summed E-state index contributed by atoms with van der Waals surface area (Å²) in [5.41, 5.74) is 5.35. The van der Waals surface area contributed by atoms with Gasteiger partial charge in [-0.05, 0) is 44.2 Å². The van der Waals surface area contributed by atoms with Crippen molar-refractivity contribution in [3.63, 3.8) is 0 Å². The first-order valence-corrected chi connectivity index (χ1v) is 9.93. The number of H-pyrrole nitrogens is 1. The van der Waals surface area contributed by atoms with Gasteiger partial charge in [-0.1, -0.05) is 24.3 Å². The maximum atomic E-state index is 14.2. The van der Waals surface area contributed by atoms with Gasteiger partial charge in [-0.2, -0.15) is 5.10 Å². The van der Waals surface area contributed by atoms with E-state index in [4.69, 9.17) is 4.98 Å². The van der Waals surface area contributed by atoms with Gasteiger partial charge in [-0.15, -0.1) is 0 Å². The Hall–Kier alpha value is -4.07. The Morgan fingerprint density at radius 2 is 1.94 bits per heavy atom. The van der Waals surface area contributed by atoms with Crippen LogP contribution in [0.2, 0.25) is 0 Å². The Balaban J connectivity index is 1.59. The summed E-state index contributed by atoms with van der Waals surface area (Å²) in [7, 11) is 0. The second kappa shape index (κ2) is 7.64. The van der Waals surface area contributed by atoms with Crippen molar-refractivity contribution in [2.75, 3.05) is 5.32 Å². The Bertz CT molecular complexity index is 1370. The normalized spacial score (nSPS) is 12.2. The molecule has 7 nitrogen and oxygen atoms in total. The van der Waals surface area contributed by atoms with E-state index >= 15 is 0 Å². The lowest BCUT2D eigenvalue weighted by molar-refractivity contribution is 0.600. The number of nitrogens with zero attached hydrogens (tertiary/aromatic N) is 5. The van der Waals surface area contributed by atoms with Crippen LogP contribution in [-0.2, 0) is 0 Å². The van der Waals surface area contributed by atoms with Crippen LogP contribution in [0.25, 0.3) is 28.3 Å². The molecule has 0 spiro atoms. The molecule has 0 radical (unpaired) electrons. The first-order valence-electron chi connectivity index (χ1n) is 9.93. The highest BCUT2D eigenvalue weighted by molar-refractivity contribution is 5.79. The van der Waals surface area contributed by atoms with Crippen LogP contribution in [0, 0.1) is 12.7 Å². The summed E-state index contributed by atoms with van der Waals surface area (Å²) in [4.78, 5) is 17.0. The predicted octanol–water partition coefficient (Wildman–Crippen LogP) is 4.80. The molecule has 1 unspecified atom stereocenters. The SMILES string of the molecule is Cc1cccc(-c2[nH]c(NC(C)c3ccccc3F)nc2-c2ccn3ncnc3c2)n1. The number of anilines is 1. The van der Waals surface area contributed by atoms with Crippen LogP contribution < -0.4 is 5.32 Å². The standard InChI is InChI=1S/C23H20FN7/c1-14-6-5-9-19(27-14)22-21(16-10-11-31-20(12-16)25-13-26-31)29-23(30-22)28-15(2)17-7-3-4-8-18(17)24/h3-13,15H,1-2H3,(H2,28,29,30). The fourth-order valence-corrected chi connectivity index (χ4v) is 3.59. The molecule has 0 fully saturated rings. The first kappa shape index (κ1) is 18.9. The molecule has 2 N–H and O–H groups in total. The van der Waals surface area contributed by atoms with Gasteiger partial charge < -0.3 is 10.3 Å². The fourth-order valence-electron chi connectivity index (χ4n) is 3.59. The van der Waals surface area contributed by atoms with Gasteiger partial charge in [0.25, 0.3) is 0 Å². The number of halogens is 1. The lowest BCUT2D eigenvalue weighted by Gasteiger charge is -2.14. The number of hydrogen-bond acceptors (Lipinski definition) is 5. The van der Waals surface area contributed by atoms with E-state index in [9.17, 15) is 4.39 Å². The van der Waals surface area contributed by atoms with Crippen molar-refractivity contribution < 1.29 is 4.39 Å². The monoisotopic (exact) mass is 413 g/mol. The second-order valence-electron chi connectivity index (χ2n) is 7.34. The van der Waals surface area contributed by atoms with Crippen molar-refractivity contribution in [2.45, 2.75) is 19.9 Å². The van der Waals surface area contributed by atoms with Gasteiger partial charge in [0.1, 0.15) is 17.8 Å². The van der Waals surface area contributed by atoms with Crippen molar-refractivity contribution in [2.24, 2.45) is 0 Å². The summed E-state index contributed by atoms with van der Waals surface area (Å²) < 4.78 is 15.9. The zero-order chi connectivity index (χ0) is 21.4. The number of benzene rings is 1. The summed E-state index contributed by atoms with van der Waals surface area (Å²) in [6, 6.07) is 16.1. The van der Waals surface area contributed by atoms with E-state index in [1.807, 2.05) is 56.4 Å². The lowest BCUT2D eigenvalue weighted by Crippen LogP contribution is -2.09. The number of pyridine rings is 2. The molecule has 0 saturated carbocycles. The summed E-state index contributed by atoms with van der Waals surface area (Å²) in [6.07, 6.45) is 3.35. The Morgan fingerprint density at radius 1 is 1.06 bits per heavy atom. The van der Waals surface area contributed by atoms with E-state index in [1.165, 1.54) is 12.4 Å². The summed E-state index contributed by atoms with van der Waals surface area (Å²) >= 11 is 0. The molecule has 1 atom stereocenters. The minimum Gasteiger partial charge on any atom is -0.349 e. The lowest BCUT2D eigenvalue weighted by atomic mass is 10.1. The molecule has 0 saturated heterocycles. The van der Waals surface area contributed by atoms with Crippen LogP contribution >= 0.6 is 0 Å². The zero-order valence-electron chi connectivity index (χ0n) is 17.0. The van der Waals surface area contributed by atoms with Crippen LogP contribution in [-0.4, -0.2) is 29.5 Å². The molecule has 154 valence electrons. The van der Waals surface area contributed by atoms with Crippen molar-refractivity contribution in [1.29, 1.82) is 0 Å². The molecule has 31 heavy (non-hydrogen) atoms. The third-order valence-corrected chi connectivity index (χ3v) is 5.13. The average molecular weight is 413 g/mol. The molecule has 5 rings (SSSR count). The largest absolute Gasteiger partial charge is 0.349 e. The van der Waals surface area contributed by atoms with Crippen LogP contribution in [0.3, 0.4) is 0 Å². The van der Waals surface area contributed by atoms with E-state index in [-0.39, 0.29) is 11.9 Å². The van der Waals surface area contributed by atoms with Crippen molar-refractivity contribution in [3.8, 4) is 22.6 Å². The topological polar surface area (TPSA) is 83.8 Å². The minimum absolute atomic E-state index is 0.257. The van der Waals surface area contributed by atoms with Gasteiger partial charge in [0.2, 0.25) is 5.95 Å². The second-order valence-corrected chi connectivity index (χ2v) is 7.34. The predicted molar refractivity (Wildman–Crippen MR) is 117 cm³/mol. The number of imidazole rings is 1. The molecule has 0 aliphatic heterocycles. The molecule has 4 heterocycles. The van der Waals surface area contributed by atoms with Crippen LogP contribution in [0.4, 0.5) is 10.3 Å². The molecule has 1 aromatic carbocycles. The zero-order valence-corrected chi connectivity index (χ0v) is 17.0. The Labute approximate surface area is 178 Å². The third kappa shape index (κ3) is 3.63. The maximum absolute atomic E-state index is 14.2. The molecule has 0 amide bonds. The van der Waals surface area contributed by atoms with E-state index < -0.39 is 0 Å². The number of fused-ring (bicyclic) bond motifs is 1. The number of rotatable bonds is 5. The molecule has 8 heteroatoms. The number of hydrogen-bond donors (Lipinski definition) is 2. The van der Waals surface area contributed by atoms with Crippen molar-refractivity contribution in [1.82, 2.24) is 29.5 Å². The first-order chi connectivity index (χ1) is 15.1. The third-order valence-electron chi connectivity index (χ3n) is 5.13. The van der Waals surface area contributed by atoms with Gasteiger partial charge in [0.05, 0.1) is 17.4 Å². The highest BCUT2D eigenvalue weighted by Crippen LogP contribution is 2.32. The number of aromatic amines is 1. The van der Waals surface area contributed by atoms with E-state index in [2.05, 4.69) is 25.4 Å². The fraction of sp³-hybridized carbons (Fsp3) is 0.130. The van der Waals surface area contributed by atoms with E-state index in [0.29, 0.717) is 11.5 Å². The number of nitrogens with one attached hydrogen (secondary N) is 2. The maximum Gasteiger partial charge on any atom is 0.201 e. The number of aromatic nitrogens is 6. The van der Waals surface area contributed by atoms with Crippen LogP contribution in [0.15, 0.2) is 67.1 Å². The summed E-state index contributed by atoms with van der Waals surface area (Å²) in [6.45, 7) is 3.84. The highest BCUT2D eigenvalue weighted by atomic mass is 19.1. The highest BCUT2D eigenvalue weighted by Gasteiger charge is 2.18. The molecular weight excluding hydrogens is 393 g/mol. The number of aryl methyl sites for hydroxylation is 1. The van der Waals surface area contributed by atoms with Gasteiger partial charge in [-0.25, -0.2) is 18.9 Å². The summed E-state index contributed by atoms with van der Waals surface area (Å²) in [5, 5.41) is 7.43. The van der Waals surface area contributed by atoms with Crippen LogP contribution in [0.1, 0.15) is 24.2 Å². The molecular formula is C23H20FN7. The minimum atomic E-state index is -0.280. The molecule has 0 aliphatic rings. The van der Waals surface area contributed by atoms with E-state index in [1.54, 1.807) is 16.6 Å². The molecule has 0 bridgehead atoms. The van der Waals surface area contributed by atoms with Crippen molar-refractivity contribution >= 4 is 11.6 Å². The van der Waals surface area contributed by atoms with Crippen LogP contribution in [0.5, 0.6) is 0 Å². The Kier molecular flexibility index (Phi) is 4.66. The Morgan fingerprint density at radius 3 is 2.77 bits per heavy atom. The molecule has 0 aliphatic carbocycles. The van der Waals surface area contributed by atoms with Crippen molar-refractivity contribution in [3.05, 3.63) is 84.2 Å². The van der Waals surface area contributed by atoms with Gasteiger partial charge in [-0.3, -0.25) is 4.98 Å². The van der Waals surface area contributed by atoms with Gasteiger partial charge in [0.15, 0.2) is 5.65 Å². The molecule has 4 aromatic heterocycles. The smallest absolute Gasteiger partial charge is 0.201 e. The quantitative estimate of drug-likeness (QED) is 0.432. The van der Waals surface area contributed by atoms with Gasteiger partial charge >= 0.3 is 0 Å². The van der Waals surface area contributed by atoms with Gasteiger partial charge in [0, 0.05) is 23.0 Å². The van der Waals surface area contributed by atoms with E-state index in [0.717, 1.165) is 34.0 Å². The summed E-state index contributed by atoms with van der Waals surface area (Å²) in [5.74, 6) is 0.275.